The van der Waals surface area contributed by atoms with Crippen molar-refractivity contribution in [2.45, 2.75) is 65.8 Å². The second-order valence-corrected chi connectivity index (χ2v) is 7.68. The molecule has 1 aromatic heterocycles. The van der Waals surface area contributed by atoms with E-state index in [1.54, 1.807) is 11.3 Å². The van der Waals surface area contributed by atoms with Crippen molar-refractivity contribution < 1.29 is 4.79 Å². The Labute approximate surface area is 126 Å². The molecule has 0 aliphatic rings. The highest BCUT2D eigenvalue weighted by Crippen LogP contribution is 2.34. The minimum atomic E-state index is -0.445. The number of carbonyl (C=O) groups excluding carboxylic acids is 1. The first-order valence-electron chi connectivity index (χ1n) is 7.25. The molecule has 114 valence electrons. The zero-order valence-electron chi connectivity index (χ0n) is 13.2. The van der Waals surface area contributed by atoms with Crippen LogP contribution >= 0.6 is 11.3 Å². The maximum Gasteiger partial charge on any atom is 0.243 e. The average molecular weight is 297 g/mol. The number of thiazole rings is 1. The Morgan fingerprint density at radius 1 is 1.50 bits per heavy atom. The van der Waals surface area contributed by atoms with E-state index in [2.05, 4.69) is 38.0 Å². The van der Waals surface area contributed by atoms with Gasteiger partial charge in [0.2, 0.25) is 5.91 Å². The van der Waals surface area contributed by atoms with Crippen LogP contribution in [0.15, 0.2) is 6.20 Å². The summed E-state index contributed by atoms with van der Waals surface area (Å²) in [4.78, 5) is 17.3. The SMILES string of the molecule is CCCC(N)C(=O)Nc1ncc(C(C)CC(C)(C)C)s1. The van der Waals surface area contributed by atoms with Gasteiger partial charge < -0.3 is 11.1 Å². The third-order valence-electron chi connectivity index (χ3n) is 3.09. The van der Waals surface area contributed by atoms with Gasteiger partial charge in [-0.05, 0) is 24.2 Å². The maximum atomic E-state index is 11.8. The largest absolute Gasteiger partial charge is 0.320 e. The fourth-order valence-corrected chi connectivity index (χ4v) is 3.10. The van der Waals surface area contributed by atoms with Crippen LogP contribution in [0, 0.1) is 5.41 Å². The van der Waals surface area contributed by atoms with Crippen molar-refractivity contribution in [1.82, 2.24) is 4.98 Å². The summed E-state index contributed by atoms with van der Waals surface area (Å²) in [7, 11) is 0. The summed E-state index contributed by atoms with van der Waals surface area (Å²) in [5.74, 6) is 0.304. The summed E-state index contributed by atoms with van der Waals surface area (Å²) in [5.41, 5.74) is 6.08. The summed E-state index contributed by atoms with van der Waals surface area (Å²) in [6.45, 7) is 10.9. The third kappa shape index (κ3) is 5.59. The molecular weight excluding hydrogens is 270 g/mol. The Hall–Kier alpha value is -0.940. The highest BCUT2D eigenvalue weighted by Gasteiger charge is 2.19. The number of nitrogens with two attached hydrogens (primary N) is 1. The Bertz CT molecular complexity index is 437. The van der Waals surface area contributed by atoms with Gasteiger partial charge >= 0.3 is 0 Å². The topological polar surface area (TPSA) is 68.0 Å². The van der Waals surface area contributed by atoms with E-state index in [9.17, 15) is 4.79 Å². The van der Waals surface area contributed by atoms with Gasteiger partial charge in [-0.25, -0.2) is 4.98 Å². The van der Waals surface area contributed by atoms with Gasteiger partial charge in [-0.3, -0.25) is 4.79 Å². The molecule has 2 atom stereocenters. The molecule has 4 nitrogen and oxygen atoms in total. The van der Waals surface area contributed by atoms with Gasteiger partial charge in [0.25, 0.3) is 0 Å². The van der Waals surface area contributed by atoms with Gasteiger partial charge in [0.1, 0.15) is 0 Å². The highest BCUT2D eigenvalue weighted by molar-refractivity contribution is 7.15. The highest BCUT2D eigenvalue weighted by atomic mass is 32.1. The molecule has 3 N–H and O–H groups in total. The predicted molar refractivity (Wildman–Crippen MR) is 86.1 cm³/mol. The third-order valence-corrected chi connectivity index (χ3v) is 4.24. The van der Waals surface area contributed by atoms with E-state index in [0.717, 1.165) is 12.8 Å². The van der Waals surface area contributed by atoms with Crippen LogP contribution in [-0.2, 0) is 4.79 Å². The molecule has 1 amide bonds. The van der Waals surface area contributed by atoms with Gasteiger partial charge in [0.05, 0.1) is 6.04 Å². The van der Waals surface area contributed by atoms with Crippen LogP contribution in [0.5, 0.6) is 0 Å². The van der Waals surface area contributed by atoms with E-state index in [0.29, 0.717) is 17.5 Å². The second kappa shape index (κ2) is 7.18. The summed E-state index contributed by atoms with van der Waals surface area (Å²) in [5, 5.41) is 3.46. The lowest BCUT2D eigenvalue weighted by Crippen LogP contribution is -2.35. The van der Waals surface area contributed by atoms with Crippen LogP contribution in [0.2, 0.25) is 0 Å². The lowest BCUT2D eigenvalue weighted by molar-refractivity contribution is -0.117. The fraction of sp³-hybridized carbons (Fsp3) is 0.733. The van der Waals surface area contributed by atoms with Crippen molar-refractivity contribution in [2.24, 2.45) is 11.1 Å². The lowest BCUT2D eigenvalue weighted by Gasteiger charge is -2.22. The number of hydrogen-bond donors (Lipinski definition) is 2. The van der Waals surface area contributed by atoms with Gasteiger partial charge in [-0.2, -0.15) is 0 Å². The van der Waals surface area contributed by atoms with Crippen molar-refractivity contribution >= 4 is 22.4 Å². The molecule has 1 heterocycles. The standard InChI is InChI=1S/C15H27N3OS/c1-6-7-11(16)13(19)18-14-17-9-12(20-14)10(2)8-15(3,4)5/h9-11H,6-8,16H2,1-5H3,(H,17,18,19). The number of rotatable bonds is 6. The Morgan fingerprint density at radius 3 is 2.70 bits per heavy atom. The average Bonchev–Trinajstić information content (AvgIpc) is 2.75. The van der Waals surface area contributed by atoms with Gasteiger partial charge in [-0.15, -0.1) is 11.3 Å². The number of nitrogens with one attached hydrogen (secondary N) is 1. The molecule has 0 saturated heterocycles. The van der Waals surface area contributed by atoms with E-state index < -0.39 is 6.04 Å². The second-order valence-electron chi connectivity index (χ2n) is 6.62. The van der Waals surface area contributed by atoms with E-state index in [1.165, 1.54) is 4.88 Å². The minimum Gasteiger partial charge on any atom is -0.320 e. The van der Waals surface area contributed by atoms with Crippen LogP contribution in [0.1, 0.15) is 64.7 Å². The number of aromatic nitrogens is 1. The first-order chi connectivity index (χ1) is 9.23. The van der Waals surface area contributed by atoms with Crippen LogP contribution in [0.25, 0.3) is 0 Å². The Morgan fingerprint density at radius 2 is 2.15 bits per heavy atom. The van der Waals surface area contributed by atoms with Crippen molar-refractivity contribution in [2.75, 3.05) is 5.32 Å². The van der Waals surface area contributed by atoms with E-state index in [1.807, 2.05) is 13.1 Å². The number of nitrogens with zero attached hydrogens (tertiary/aromatic N) is 1. The lowest BCUT2D eigenvalue weighted by atomic mass is 9.85. The minimum absolute atomic E-state index is 0.142. The van der Waals surface area contributed by atoms with Crippen molar-refractivity contribution in [3.8, 4) is 0 Å². The fourth-order valence-electron chi connectivity index (χ4n) is 2.23. The predicted octanol–water partition coefficient (Wildman–Crippen LogP) is 3.75. The zero-order valence-corrected chi connectivity index (χ0v) is 14.0. The molecule has 1 rings (SSSR count). The number of carbonyl (C=O) groups is 1. The Kier molecular flexibility index (Phi) is 6.14. The van der Waals surface area contributed by atoms with Gasteiger partial charge in [0, 0.05) is 11.1 Å². The summed E-state index contributed by atoms with van der Waals surface area (Å²) in [6, 6.07) is -0.445. The first-order valence-corrected chi connectivity index (χ1v) is 8.06. The molecule has 0 fully saturated rings. The number of hydrogen-bond acceptors (Lipinski definition) is 4. The van der Waals surface area contributed by atoms with Crippen molar-refractivity contribution in [1.29, 1.82) is 0 Å². The molecule has 0 aliphatic heterocycles. The normalized spacial score (nSPS) is 14.9. The summed E-state index contributed by atoms with van der Waals surface area (Å²) < 4.78 is 0. The van der Waals surface area contributed by atoms with E-state index in [-0.39, 0.29) is 11.3 Å². The van der Waals surface area contributed by atoms with Crippen molar-refractivity contribution in [3.63, 3.8) is 0 Å². The molecule has 20 heavy (non-hydrogen) atoms. The van der Waals surface area contributed by atoms with Crippen LogP contribution in [0.3, 0.4) is 0 Å². The Balaban J connectivity index is 2.61. The smallest absolute Gasteiger partial charge is 0.243 e. The van der Waals surface area contributed by atoms with Gasteiger partial charge in [0.15, 0.2) is 5.13 Å². The molecular formula is C15H27N3OS. The monoisotopic (exact) mass is 297 g/mol. The molecule has 0 saturated carbocycles. The number of anilines is 1. The molecule has 2 unspecified atom stereocenters. The number of amides is 1. The molecule has 0 spiro atoms. The van der Waals surface area contributed by atoms with Gasteiger partial charge in [-0.1, -0.05) is 41.0 Å². The molecule has 0 radical (unpaired) electrons. The summed E-state index contributed by atoms with van der Waals surface area (Å²) >= 11 is 1.55. The molecule has 0 bridgehead atoms. The molecule has 1 aromatic rings. The molecule has 5 heteroatoms. The maximum absolute atomic E-state index is 11.8. The van der Waals surface area contributed by atoms with Crippen LogP contribution in [0.4, 0.5) is 5.13 Å². The summed E-state index contributed by atoms with van der Waals surface area (Å²) in [6.07, 6.45) is 4.56. The van der Waals surface area contributed by atoms with E-state index in [4.69, 9.17) is 5.73 Å². The van der Waals surface area contributed by atoms with Crippen molar-refractivity contribution in [3.05, 3.63) is 11.1 Å². The zero-order chi connectivity index (χ0) is 15.3. The quantitative estimate of drug-likeness (QED) is 0.840. The van der Waals surface area contributed by atoms with E-state index >= 15 is 0 Å². The first kappa shape index (κ1) is 17.1. The van der Waals surface area contributed by atoms with Crippen LogP contribution < -0.4 is 11.1 Å². The molecule has 0 aromatic carbocycles. The van der Waals surface area contributed by atoms with Crippen LogP contribution in [-0.4, -0.2) is 16.9 Å². The molecule has 0 aliphatic carbocycles.